The van der Waals surface area contributed by atoms with Gasteiger partial charge in [0, 0.05) is 110 Å². The molecule has 15 rings (SSSR count). The number of alkyl halides is 1. The number of carboxylic acid groups (broad SMARTS) is 5. The molecule has 119 heavy (non-hydrogen) atoms. The van der Waals surface area contributed by atoms with Gasteiger partial charge >= 0.3 is 17.2 Å². The van der Waals surface area contributed by atoms with Crippen LogP contribution in [0.25, 0.3) is 84.4 Å². The van der Waals surface area contributed by atoms with Gasteiger partial charge in [0.25, 0.3) is 11.8 Å². The van der Waals surface area contributed by atoms with Crippen LogP contribution in [0.4, 0.5) is 0 Å². The molecule has 4 aliphatic carbocycles. The van der Waals surface area contributed by atoms with E-state index in [1.54, 1.807) is 42.5 Å². The molecular weight excluding hydrogens is 1660 g/mol. The molecule has 2 aromatic heterocycles. The highest BCUT2D eigenvalue weighted by Crippen LogP contribution is 2.47. The molecule has 0 spiro atoms. The SMILES string of the molecule is C=C1CSC(C(NC(=O)CNC(=O)c2cc3cc(Cl)c(O)cc3oc2=O)C(=O)[O-])N=C1C(=O)[O-].CC1=CC=C(c2c3ccc(=O)cc-3oc3cc(O)ccc23)C(C(=O)[O-])C1.O.O=C(CNCc1cc2c(oc1=O)=CC(O)C(Cl)C=2)NC1C(=O)N2C(C(=O)[O-])=C(CSc3ccc(-c4c5ccc(=O)cc-5oc5cc([O-])ccc45)c(C(=O)O)c3)CSC12.[HH]. The number of hydrogen-bond donors (Lipinski definition) is 8. The molecule has 7 heterocycles. The fraction of sp³-hybridized carbons (Fsp3) is 0.185. The Labute approximate surface area is 691 Å². The molecule has 1 saturated heterocycles. The van der Waals surface area contributed by atoms with E-state index in [2.05, 4.69) is 32.8 Å². The number of amides is 4. The summed E-state index contributed by atoms with van der Waals surface area (Å²) in [7, 11) is 0. The van der Waals surface area contributed by atoms with Gasteiger partial charge in [0.2, 0.25) is 11.8 Å². The van der Waals surface area contributed by atoms with Crippen LogP contribution in [0.5, 0.6) is 17.2 Å². The van der Waals surface area contributed by atoms with Crippen molar-refractivity contribution in [2.45, 2.75) is 59.1 Å². The van der Waals surface area contributed by atoms with Crippen molar-refractivity contribution < 1.29 is 114 Å². The fourth-order valence-corrected chi connectivity index (χ4v) is 17.3. The van der Waals surface area contributed by atoms with Crippen molar-refractivity contribution in [3.63, 3.8) is 0 Å². The van der Waals surface area contributed by atoms with Gasteiger partial charge in [-0.15, -0.1) is 52.6 Å². The zero-order chi connectivity index (χ0) is 84.6. The number of β-lactam (4-membered cyclic amide) rings is 1. The third kappa shape index (κ3) is 18.2. The number of carboxylic acids is 5. The minimum absolute atomic E-state index is 0. The number of aliphatic imine (C=N–C) groups is 1. The summed E-state index contributed by atoms with van der Waals surface area (Å²) in [5, 5.41) is 107. The number of allylic oxidation sites excluding steroid dienone is 3. The topological polar surface area (TPSA) is 566 Å². The van der Waals surface area contributed by atoms with Gasteiger partial charge in [-0.3, -0.25) is 38.7 Å². The number of nitrogens with zero attached hydrogens (tertiary/aromatic N) is 2. The average molecular weight is 1720 g/mol. The largest absolute Gasteiger partial charge is 0.872 e. The van der Waals surface area contributed by atoms with E-state index in [0.29, 0.717) is 77.6 Å². The average Bonchev–Trinajstić information content (AvgIpc) is 0.730. The smallest absolute Gasteiger partial charge is 0.349 e. The normalized spacial score (nSPS) is 18.1. The van der Waals surface area contributed by atoms with Crippen LogP contribution >= 0.6 is 58.5 Å². The predicted molar refractivity (Wildman–Crippen MR) is 427 cm³/mol. The third-order valence-corrected chi connectivity index (χ3v) is 23.4. The maximum atomic E-state index is 13.3. The van der Waals surface area contributed by atoms with Crippen molar-refractivity contribution in [2.75, 3.05) is 30.3 Å². The Morgan fingerprint density at radius 1 is 0.731 bits per heavy atom. The fourth-order valence-electron chi connectivity index (χ4n) is 13.5. The molecule has 614 valence electrons. The Morgan fingerprint density at radius 2 is 1.41 bits per heavy atom. The molecule has 7 unspecified atom stereocenters. The van der Waals surface area contributed by atoms with Crippen LogP contribution in [0.1, 0.15) is 46.6 Å². The number of hydrogen-bond acceptors (Lipinski definition) is 30. The van der Waals surface area contributed by atoms with Crippen LogP contribution in [-0.2, 0) is 40.1 Å². The van der Waals surface area contributed by atoms with E-state index in [1.807, 2.05) is 13.0 Å². The number of phenolic OH excluding ortho intramolecular Hbond substituents is 2. The van der Waals surface area contributed by atoms with Crippen LogP contribution in [0.3, 0.4) is 0 Å². The minimum atomic E-state index is -1.73. The number of benzene rings is 6. The summed E-state index contributed by atoms with van der Waals surface area (Å²) < 4.78 is 21.9. The second-order valence-corrected chi connectivity index (χ2v) is 31.1. The highest BCUT2D eigenvalue weighted by atomic mass is 35.5. The number of aliphatic hydroxyl groups excluding tert-OH is 1. The van der Waals surface area contributed by atoms with Crippen molar-refractivity contribution in [3.05, 3.63) is 236 Å². The number of halogens is 2. The van der Waals surface area contributed by atoms with Gasteiger partial charge in [-0.2, -0.15) is 0 Å². The Hall–Kier alpha value is -13.1. The van der Waals surface area contributed by atoms with Crippen LogP contribution in [0.2, 0.25) is 5.02 Å². The van der Waals surface area contributed by atoms with Gasteiger partial charge in [-0.05, 0) is 114 Å². The monoisotopic (exact) mass is 1720 g/mol. The second-order valence-electron chi connectivity index (χ2n) is 27.0. The second kappa shape index (κ2) is 35.4. The standard InChI is InChI=1S/C40H30ClN3O12S2.C21H16O5.C20H16ClN3O9S.H2O.H2/c41-27-8-17-7-18(40(54)56-29(17)12-28(27)47)13-42-14-32(48)43-34-36(49)44-35(39(52)53)19(16-58-37(34)44)15-57-22-3-6-23(26(11-22)38(50)51)33-24-4-1-20(45)9-30(24)55-31-10-21(46)2-5-25(31)33;1-11-2-5-14(17(8-11)21(24)25)20-15-6-3-12(22)9-18(15)26-19-10-13(23)4-7-16(19)20;1-7-6-34-17(24-14(7)18(28)29)15(19(30)31)23-13(26)5-22-16(27)9-2-8-3-10(21)11(25)4-12(8)33-20(9)32;;/h1-12,27-28,34,37,42,45,47H,13-16H2,(H,43,48)(H,50,51)(H,52,53);2-7,9-10,17,22H,8H2,1H3,(H,24,25);2-4,15,17,25H,1,5-6H2,(H,22,27)(H,23,26)(H,28,29)(H,30,31);1H2;1H/p-5. The van der Waals surface area contributed by atoms with Gasteiger partial charge < -0.3 is 110 Å². The summed E-state index contributed by atoms with van der Waals surface area (Å²) in [5.74, 6) is -11.2. The lowest BCUT2D eigenvalue weighted by molar-refractivity contribution is -0.310. The van der Waals surface area contributed by atoms with E-state index in [4.69, 9.17) is 40.9 Å². The maximum Gasteiger partial charge on any atom is 0.349 e. The third-order valence-electron chi connectivity index (χ3n) is 19.0. The summed E-state index contributed by atoms with van der Waals surface area (Å²) in [6.07, 6.45) is 5.92. The minimum Gasteiger partial charge on any atom is -0.872 e. The van der Waals surface area contributed by atoms with Crippen LogP contribution in [0.15, 0.2) is 203 Å². The molecular formula is C81H61Cl2N6O27S3-5. The number of thioether (sulfide) groups is 3. The number of carbonyl (C=O) groups is 9. The molecule has 4 aromatic carbocycles. The van der Waals surface area contributed by atoms with Crippen molar-refractivity contribution in [3.8, 4) is 51.0 Å². The molecule has 6 aromatic rings. The number of aromatic carboxylic acids is 1. The van der Waals surface area contributed by atoms with Gasteiger partial charge in [-0.25, -0.2) is 14.4 Å². The molecule has 0 saturated carbocycles. The number of carbonyl (C=O) groups excluding carboxylic acids is 8. The lowest BCUT2D eigenvalue weighted by Gasteiger charge is -2.50. The molecule has 10 N–H and O–H groups in total. The summed E-state index contributed by atoms with van der Waals surface area (Å²) >= 11 is 15.2. The lowest BCUT2D eigenvalue weighted by Crippen LogP contribution is -2.71. The van der Waals surface area contributed by atoms with E-state index in [1.165, 1.54) is 90.6 Å². The first-order valence-corrected chi connectivity index (χ1v) is 39.0. The highest BCUT2D eigenvalue weighted by Gasteiger charge is 2.53. The molecule has 7 atom stereocenters. The summed E-state index contributed by atoms with van der Waals surface area (Å²) in [5.41, 5.74) is 1.85. The molecule has 33 nitrogen and oxygen atoms in total. The molecule has 4 amide bonds. The van der Waals surface area contributed by atoms with Crippen LogP contribution in [0, 0.1) is 5.92 Å². The van der Waals surface area contributed by atoms with E-state index >= 15 is 0 Å². The van der Waals surface area contributed by atoms with Crippen LogP contribution < -0.4 is 79.5 Å². The number of nitrogens with one attached hydrogen (secondary N) is 4. The van der Waals surface area contributed by atoms with Gasteiger partial charge in [0.1, 0.15) is 73.6 Å². The number of aromatic hydroxyl groups is 2. The van der Waals surface area contributed by atoms with Crippen molar-refractivity contribution in [2.24, 2.45) is 10.9 Å². The number of aliphatic carboxylic acids is 4. The first-order chi connectivity index (χ1) is 56.2. The number of rotatable bonds is 20. The molecule has 9 aliphatic rings. The first-order valence-electron chi connectivity index (χ1n) is 35.1. The highest BCUT2D eigenvalue weighted by molar-refractivity contribution is 8.01. The Bertz CT molecular complexity index is 6460. The van der Waals surface area contributed by atoms with Crippen molar-refractivity contribution in [1.29, 1.82) is 0 Å². The molecule has 0 bridgehead atoms. The van der Waals surface area contributed by atoms with E-state index in [9.17, 15) is 108 Å². The number of phenols is 2. The summed E-state index contributed by atoms with van der Waals surface area (Å²) in [6.45, 7) is 4.32. The van der Waals surface area contributed by atoms with Gasteiger partial charge in [0.15, 0.2) is 10.9 Å². The predicted octanol–water partition coefficient (Wildman–Crippen LogP) is 0.179. The molecule has 1 fully saturated rings. The Balaban J connectivity index is 0.000000192. The quantitative estimate of drug-likeness (QED) is 0.0166. The van der Waals surface area contributed by atoms with Gasteiger partial charge in [0.05, 0.1) is 70.0 Å². The molecule has 38 heteroatoms. The lowest BCUT2D eigenvalue weighted by atomic mass is 9.80. The van der Waals surface area contributed by atoms with Crippen LogP contribution in [-0.4, -0.2) is 155 Å². The number of fused-ring (bicyclic) bond motifs is 7. The van der Waals surface area contributed by atoms with E-state index < -0.39 is 123 Å². The zero-order valence-electron chi connectivity index (χ0n) is 61.1. The van der Waals surface area contributed by atoms with E-state index in [0.717, 1.165) is 46.1 Å². The maximum absolute atomic E-state index is 13.3. The van der Waals surface area contributed by atoms with Crippen molar-refractivity contribution >= 4 is 168 Å². The van der Waals surface area contributed by atoms with Gasteiger partial charge in [-0.1, -0.05) is 60.2 Å². The molecule has 0 radical (unpaired) electrons. The molecule has 5 aliphatic heterocycles. The van der Waals surface area contributed by atoms with Crippen molar-refractivity contribution in [1.82, 2.24) is 26.2 Å². The Kier molecular flexibility index (Phi) is 25.4. The Morgan fingerprint density at radius 3 is 2.09 bits per heavy atom. The summed E-state index contributed by atoms with van der Waals surface area (Å²) in [6, 6.07) is 24.3. The first kappa shape index (κ1) is 85.3. The van der Waals surface area contributed by atoms with E-state index in [-0.39, 0.29) is 121 Å². The zero-order valence-corrected chi connectivity index (χ0v) is 65.1. The summed E-state index contributed by atoms with van der Waals surface area (Å²) in [4.78, 5) is 164. The number of aliphatic hydroxyl groups is 1.